The first-order chi connectivity index (χ1) is 12.2. The van der Waals surface area contributed by atoms with Gasteiger partial charge in [-0.3, -0.25) is 9.20 Å². The molecule has 0 saturated heterocycles. The van der Waals surface area contributed by atoms with E-state index in [9.17, 15) is 4.79 Å². The Bertz CT molecular complexity index is 886. The van der Waals surface area contributed by atoms with Crippen LogP contribution in [0.3, 0.4) is 0 Å². The Morgan fingerprint density at radius 1 is 1.36 bits per heavy atom. The SMILES string of the molecule is COc1ccc(OCCNC(=O)/C=C/c2c(Cl)nc3sccn23)cc1. The number of thiazole rings is 1. The van der Waals surface area contributed by atoms with Crippen LogP contribution in [0.1, 0.15) is 5.69 Å². The highest BCUT2D eigenvalue weighted by molar-refractivity contribution is 7.15. The number of hydrogen-bond acceptors (Lipinski definition) is 5. The molecular weight excluding hydrogens is 362 g/mol. The lowest BCUT2D eigenvalue weighted by Crippen LogP contribution is -2.26. The number of amides is 1. The molecule has 25 heavy (non-hydrogen) atoms. The maximum Gasteiger partial charge on any atom is 0.244 e. The second-order valence-corrected chi connectivity index (χ2v) is 6.22. The molecule has 1 amide bonds. The van der Waals surface area contributed by atoms with Gasteiger partial charge in [0.2, 0.25) is 5.91 Å². The Balaban J connectivity index is 1.46. The maximum atomic E-state index is 11.9. The number of rotatable bonds is 7. The van der Waals surface area contributed by atoms with Gasteiger partial charge in [-0.15, -0.1) is 11.3 Å². The van der Waals surface area contributed by atoms with Crippen LogP contribution in [-0.2, 0) is 4.79 Å². The standard InChI is InChI=1S/C17H16ClN3O3S/c1-23-12-2-4-13(5-3-12)24-10-8-19-15(22)7-6-14-16(18)20-17-21(14)9-11-25-17/h2-7,9,11H,8,10H2,1H3,(H,19,22)/b7-6+. The van der Waals surface area contributed by atoms with Crippen molar-refractivity contribution in [3.63, 3.8) is 0 Å². The van der Waals surface area contributed by atoms with Crippen LogP contribution in [0.2, 0.25) is 5.15 Å². The first-order valence-corrected chi connectivity index (χ1v) is 8.77. The molecule has 130 valence electrons. The van der Waals surface area contributed by atoms with E-state index in [1.165, 1.54) is 17.4 Å². The lowest BCUT2D eigenvalue weighted by molar-refractivity contribution is -0.116. The van der Waals surface area contributed by atoms with Crippen LogP contribution >= 0.6 is 22.9 Å². The highest BCUT2D eigenvalue weighted by atomic mass is 35.5. The number of nitrogens with zero attached hydrogens (tertiary/aromatic N) is 2. The van der Waals surface area contributed by atoms with Gasteiger partial charge < -0.3 is 14.8 Å². The van der Waals surface area contributed by atoms with E-state index in [4.69, 9.17) is 21.1 Å². The Labute approximate surface area is 153 Å². The van der Waals surface area contributed by atoms with Gasteiger partial charge in [-0.25, -0.2) is 4.98 Å². The molecule has 0 saturated carbocycles. The number of carbonyl (C=O) groups excluding carboxylic acids is 1. The number of hydrogen-bond donors (Lipinski definition) is 1. The number of imidazole rings is 1. The summed E-state index contributed by atoms with van der Waals surface area (Å²) in [6.45, 7) is 0.761. The summed E-state index contributed by atoms with van der Waals surface area (Å²) in [7, 11) is 1.61. The summed E-state index contributed by atoms with van der Waals surface area (Å²) in [4.78, 5) is 16.9. The molecule has 6 nitrogen and oxygen atoms in total. The lowest BCUT2D eigenvalue weighted by atomic mass is 10.3. The molecule has 2 aromatic heterocycles. The maximum absolute atomic E-state index is 11.9. The largest absolute Gasteiger partial charge is 0.497 e. The predicted molar refractivity (Wildman–Crippen MR) is 98.6 cm³/mol. The Hall–Kier alpha value is -2.51. The smallest absolute Gasteiger partial charge is 0.244 e. The van der Waals surface area contributed by atoms with Crippen LogP contribution in [0.5, 0.6) is 11.5 Å². The molecule has 0 radical (unpaired) electrons. The van der Waals surface area contributed by atoms with Crippen molar-refractivity contribution in [1.29, 1.82) is 0 Å². The molecule has 2 heterocycles. The van der Waals surface area contributed by atoms with Crippen LogP contribution < -0.4 is 14.8 Å². The number of fused-ring (bicyclic) bond motifs is 1. The number of aromatic nitrogens is 2. The molecule has 0 aliphatic carbocycles. The fourth-order valence-electron chi connectivity index (χ4n) is 2.15. The van der Waals surface area contributed by atoms with Crippen LogP contribution in [0.25, 0.3) is 11.0 Å². The van der Waals surface area contributed by atoms with E-state index in [0.29, 0.717) is 24.0 Å². The Morgan fingerprint density at radius 3 is 2.88 bits per heavy atom. The first kappa shape index (κ1) is 17.3. The van der Waals surface area contributed by atoms with Crippen LogP contribution in [-0.4, -0.2) is 35.6 Å². The zero-order valence-electron chi connectivity index (χ0n) is 13.4. The molecule has 0 bridgehead atoms. The van der Waals surface area contributed by atoms with Crippen molar-refractivity contribution in [1.82, 2.24) is 14.7 Å². The number of nitrogens with one attached hydrogen (secondary N) is 1. The summed E-state index contributed by atoms with van der Waals surface area (Å²) in [5, 5.41) is 5.04. The zero-order chi connectivity index (χ0) is 17.6. The van der Waals surface area contributed by atoms with E-state index in [1.54, 1.807) is 13.2 Å². The zero-order valence-corrected chi connectivity index (χ0v) is 15.0. The number of benzene rings is 1. The molecule has 0 unspecified atom stereocenters. The van der Waals surface area contributed by atoms with Gasteiger partial charge in [0.15, 0.2) is 10.1 Å². The van der Waals surface area contributed by atoms with Gasteiger partial charge in [0.1, 0.15) is 18.1 Å². The number of halogens is 1. The minimum atomic E-state index is -0.223. The summed E-state index contributed by atoms with van der Waals surface area (Å²) in [6, 6.07) is 7.26. The van der Waals surface area contributed by atoms with Gasteiger partial charge in [-0.2, -0.15) is 0 Å². The van der Waals surface area contributed by atoms with Crippen molar-refractivity contribution in [3.8, 4) is 11.5 Å². The van der Waals surface area contributed by atoms with E-state index in [0.717, 1.165) is 16.5 Å². The topological polar surface area (TPSA) is 64.9 Å². The molecule has 0 spiro atoms. The van der Waals surface area contributed by atoms with Crippen molar-refractivity contribution in [2.24, 2.45) is 0 Å². The molecule has 0 atom stereocenters. The first-order valence-electron chi connectivity index (χ1n) is 7.51. The van der Waals surface area contributed by atoms with Gasteiger partial charge in [-0.1, -0.05) is 11.6 Å². The van der Waals surface area contributed by atoms with E-state index in [1.807, 2.05) is 40.2 Å². The fraction of sp³-hybridized carbons (Fsp3) is 0.176. The monoisotopic (exact) mass is 377 g/mol. The highest BCUT2D eigenvalue weighted by Gasteiger charge is 2.08. The molecule has 0 aliphatic heterocycles. The minimum Gasteiger partial charge on any atom is -0.497 e. The molecular formula is C17H16ClN3O3S. The third-order valence-electron chi connectivity index (χ3n) is 3.38. The average molecular weight is 378 g/mol. The third kappa shape index (κ3) is 4.32. The molecule has 0 fully saturated rings. The summed E-state index contributed by atoms with van der Waals surface area (Å²) in [6.07, 6.45) is 4.94. The van der Waals surface area contributed by atoms with Crippen LogP contribution in [0.4, 0.5) is 0 Å². The van der Waals surface area contributed by atoms with Gasteiger partial charge in [0.25, 0.3) is 0 Å². The van der Waals surface area contributed by atoms with Crippen molar-refractivity contribution >= 4 is 39.9 Å². The van der Waals surface area contributed by atoms with Gasteiger partial charge in [-0.05, 0) is 30.3 Å². The number of methoxy groups -OCH3 is 1. The van der Waals surface area contributed by atoms with Crippen molar-refractivity contribution in [2.75, 3.05) is 20.3 Å². The third-order valence-corrected chi connectivity index (χ3v) is 4.41. The molecule has 3 aromatic rings. The molecule has 1 N–H and O–H groups in total. The van der Waals surface area contributed by atoms with Gasteiger partial charge in [0.05, 0.1) is 19.3 Å². The van der Waals surface area contributed by atoms with Crippen molar-refractivity contribution in [3.05, 3.63) is 52.8 Å². The van der Waals surface area contributed by atoms with Crippen molar-refractivity contribution < 1.29 is 14.3 Å². The Kier molecular flexibility index (Phi) is 5.57. The average Bonchev–Trinajstić information content (AvgIpc) is 3.18. The normalized spacial score (nSPS) is 11.1. The van der Waals surface area contributed by atoms with Gasteiger partial charge >= 0.3 is 0 Å². The second-order valence-electron chi connectivity index (χ2n) is 4.99. The van der Waals surface area contributed by atoms with E-state index >= 15 is 0 Å². The quantitative estimate of drug-likeness (QED) is 0.507. The van der Waals surface area contributed by atoms with E-state index in [-0.39, 0.29) is 5.91 Å². The predicted octanol–water partition coefficient (Wildman–Crippen LogP) is 3.27. The minimum absolute atomic E-state index is 0.223. The Morgan fingerprint density at radius 2 is 2.12 bits per heavy atom. The summed E-state index contributed by atoms with van der Waals surface area (Å²) < 4.78 is 12.5. The lowest BCUT2D eigenvalue weighted by Gasteiger charge is -2.07. The molecule has 0 aliphatic rings. The van der Waals surface area contributed by atoms with Crippen LogP contribution in [0, 0.1) is 0 Å². The van der Waals surface area contributed by atoms with E-state index < -0.39 is 0 Å². The van der Waals surface area contributed by atoms with Gasteiger partial charge in [0, 0.05) is 17.7 Å². The summed E-state index contributed by atoms with van der Waals surface area (Å²) in [5.41, 5.74) is 0.683. The second kappa shape index (κ2) is 8.04. The number of ether oxygens (including phenoxy) is 2. The summed E-state index contributed by atoms with van der Waals surface area (Å²) >= 11 is 7.55. The van der Waals surface area contributed by atoms with E-state index in [2.05, 4.69) is 10.3 Å². The fourth-order valence-corrected chi connectivity index (χ4v) is 3.16. The van der Waals surface area contributed by atoms with Crippen molar-refractivity contribution in [2.45, 2.75) is 0 Å². The highest BCUT2D eigenvalue weighted by Crippen LogP contribution is 2.22. The molecule has 8 heteroatoms. The van der Waals surface area contributed by atoms with Crippen LogP contribution in [0.15, 0.2) is 41.9 Å². The molecule has 3 rings (SSSR count). The number of carbonyl (C=O) groups is 1. The molecule has 1 aromatic carbocycles. The summed E-state index contributed by atoms with van der Waals surface area (Å²) in [5.74, 6) is 1.26.